The van der Waals surface area contributed by atoms with E-state index in [1.165, 1.54) is 51.4 Å². The van der Waals surface area contributed by atoms with Crippen molar-refractivity contribution in [1.82, 2.24) is 10.6 Å². The molecule has 144 valence electrons. The van der Waals surface area contributed by atoms with E-state index in [1.807, 2.05) is 0 Å². The number of quaternary nitrogens is 1. The Kier molecular flexibility index (Phi) is 10.6. The second-order valence-corrected chi connectivity index (χ2v) is 7.29. The summed E-state index contributed by atoms with van der Waals surface area (Å²) in [7, 11) is 0. The Bertz CT molecular complexity index is 433. The Morgan fingerprint density at radius 2 is 1.84 bits per heavy atom. The average molecular weight is 351 g/mol. The second-order valence-electron chi connectivity index (χ2n) is 7.29. The van der Waals surface area contributed by atoms with E-state index in [9.17, 15) is 4.79 Å². The summed E-state index contributed by atoms with van der Waals surface area (Å²) >= 11 is 0. The molecule has 0 saturated heterocycles. The van der Waals surface area contributed by atoms with Gasteiger partial charge in [0.25, 0.3) is 0 Å². The molecule has 0 aromatic rings. The summed E-state index contributed by atoms with van der Waals surface area (Å²) in [6, 6.07) is 0. The molecule has 25 heavy (non-hydrogen) atoms. The molecular weight excluding hydrogens is 310 g/mol. The predicted molar refractivity (Wildman–Crippen MR) is 107 cm³/mol. The number of carbonyl (C=O) groups excluding carboxylic acids is 1. The fraction of sp³-hybridized carbons (Fsp3) is 0.762. The molecule has 0 aromatic carbocycles. The molecule has 3 unspecified atom stereocenters. The van der Waals surface area contributed by atoms with Crippen molar-refractivity contribution in [2.45, 2.75) is 97.8 Å². The number of nitrogens with one attached hydrogen (secondary N) is 2. The number of unbranched alkanes of at least 4 members (excludes halogenated alkanes) is 6. The lowest BCUT2D eigenvalue weighted by atomic mass is 10.1. The monoisotopic (exact) mass is 350 g/mol. The second kappa shape index (κ2) is 12.1. The van der Waals surface area contributed by atoms with Crippen molar-refractivity contribution in [2.75, 3.05) is 6.54 Å². The topological polar surface area (TPSA) is 41.1 Å². The highest BCUT2D eigenvalue weighted by molar-refractivity contribution is 5.72. The molecule has 1 heterocycles. The third kappa shape index (κ3) is 7.23. The van der Waals surface area contributed by atoms with E-state index in [0.29, 0.717) is 6.17 Å². The van der Waals surface area contributed by atoms with Gasteiger partial charge < -0.3 is 10.6 Å². The van der Waals surface area contributed by atoms with E-state index in [1.54, 1.807) is 6.92 Å². The fourth-order valence-electron chi connectivity index (χ4n) is 3.80. The maximum Gasteiger partial charge on any atom is 0.221 e. The Labute approximate surface area is 155 Å². The van der Waals surface area contributed by atoms with E-state index >= 15 is 0 Å². The van der Waals surface area contributed by atoms with Crippen LogP contribution in [-0.2, 0) is 4.79 Å². The molecule has 1 aliphatic heterocycles. The number of nitrogens with zero attached hydrogens (tertiary/aromatic N) is 1. The first-order chi connectivity index (χ1) is 12.1. The molecule has 3 atom stereocenters. The Hall–Kier alpha value is -1.29. The van der Waals surface area contributed by atoms with Crippen LogP contribution < -0.4 is 10.6 Å². The minimum Gasteiger partial charge on any atom is -0.338 e. The van der Waals surface area contributed by atoms with Gasteiger partial charge in [-0.2, -0.15) is 0 Å². The van der Waals surface area contributed by atoms with Gasteiger partial charge in [0.2, 0.25) is 5.91 Å². The van der Waals surface area contributed by atoms with E-state index in [4.69, 9.17) is 0 Å². The van der Waals surface area contributed by atoms with Crippen molar-refractivity contribution >= 4 is 5.91 Å². The van der Waals surface area contributed by atoms with Crippen LogP contribution in [0, 0.1) is 0 Å². The molecule has 1 amide bonds. The first-order valence-electron chi connectivity index (χ1n) is 10.3. The van der Waals surface area contributed by atoms with Crippen LogP contribution in [0.25, 0.3) is 0 Å². The molecular formula is C21H40N3O+. The summed E-state index contributed by atoms with van der Waals surface area (Å²) in [6.45, 7) is 9.14. The van der Waals surface area contributed by atoms with Crippen LogP contribution in [0.4, 0.5) is 0 Å². The van der Waals surface area contributed by atoms with Gasteiger partial charge in [-0.1, -0.05) is 38.3 Å². The van der Waals surface area contributed by atoms with Gasteiger partial charge in [-0.25, -0.2) is 0 Å². The maximum absolute atomic E-state index is 11.4. The Morgan fingerprint density at radius 1 is 1.16 bits per heavy atom. The zero-order chi connectivity index (χ0) is 18.5. The molecule has 0 radical (unpaired) electrons. The van der Waals surface area contributed by atoms with Crippen LogP contribution >= 0.6 is 0 Å². The van der Waals surface area contributed by atoms with Crippen molar-refractivity contribution < 1.29 is 9.28 Å². The lowest BCUT2D eigenvalue weighted by Gasteiger charge is -2.41. The SMILES string of the molecule is CCCCC/C=C/CCCCCC1NC=C[N+]1(CC)C(C)NC(C)=O. The zero-order valence-electron chi connectivity index (χ0n) is 16.9. The summed E-state index contributed by atoms with van der Waals surface area (Å²) in [5, 5.41) is 6.59. The number of hydrogen-bond donors (Lipinski definition) is 2. The van der Waals surface area contributed by atoms with Crippen molar-refractivity contribution in [3.8, 4) is 0 Å². The van der Waals surface area contributed by atoms with Crippen LogP contribution in [-0.4, -0.2) is 29.3 Å². The number of hydrogen-bond acceptors (Lipinski definition) is 2. The van der Waals surface area contributed by atoms with Gasteiger partial charge >= 0.3 is 0 Å². The highest BCUT2D eigenvalue weighted by atomic mass is 16.1. The Morgan fingerprint density at radius 3 is 2.44 bits per heavy atom. The molecule has 0 saturated carbocycles. The first-order valence-corrected chi connectivity index (χ1v) is 10.3. The fourth-order valence-corrected chi connectivity index (χ4v) is 3.80. The van der Waals surface area contributed by atoms with Crippen LogP contribution in [0.15, 0.2) is 24.6 Å². The van der Waals surface area contributed by atoms with Gasteiger partial charge in [0, 0.05) is 20.3 Å². The standard InChI is InChI=1S/C21H39N3O/c1-5-7-8-9-10-11-12-13-14-15-16-21-22-17-18-24(21,6-2)19(3)23-20(4)25/h10-11,17-19,21-22H,5-9,12-16H2,1-4H3/p+1/b11-10+. The van der Waals surface area contributed by atoms with Crippen molar-refractivity contribution in [3.05, 3.63) is 24.6 Å². The molecule has 1 aliphatic rings. The van der Waals surface area contributed by atoms with Crippen molar-refractivity contribution in [2.24, 2.45) is 0 Å². The molecule has 0 fully saturated rings. The molecule has 0 aliphatic carbocycles. The van der Waals surface area contributed by atoms with E-state index in [0.717, 1.165) is 17.4 Å². The normalized spacial score (nSPS) is 23.8. The largest absolute Gasteiger partial charge is 0.338 e. The van der Waals surface area contributed by atoms with Gasteiger partial charge in [0.1, 0.15) is 6.20 Å². The number of carbonyl (C=O) groups is 1. The lowest BCUT2D eigenvalue weighted by Crippen LogP contribution is -2.62. The third-order valence-electron chi connectivity index (χ3n) is 5.39. The van der Waals surface area contributed by atoms with E-state index in [2.05, 4.69) is 56.0 Å². The summed E-state index contributed by atoms with van der Waals surface area (Å²) in [4.78, 5) is 11.4. The van der Waals surface area contributed by atoms with Gasteiger partial charge in [-0.05, 0) is 39.0 Å². The summed E-state index contributed by atoms with van der Waals surface area (Å²) in [5.41, 5.74) is 0. The van der Waals surface area contributed by atoms with Crippen molar-refractivity contribution in [1.29, 1.82) is 0 Å². The molecule has 4 nitrogen and oxygen atoms in total. The summed E-state index contributed by atoms with van der Waals surface area (Å²) < 4.78 is 0.802. The van der Waals surface area contributed by atoms with Crippen LogP contribution in [0.2, 0.25) is 0 Å². The van der Waals surface area contributed by atoms with Gasteiger partial charge in [-0.3, -0.25) is 9.28 Å². The quantitative estimate of drug-likeness (QED) is 0.285. The number of amides is 1. The van der Waals surface area contributed by atoms with Gasteiger partial charge in [0.05, 0.1) is 12.7 Å². The Balaban J connectivity index is 2.28. The highest BCUT2D eigenvalue weighted by Gasteiger charge is 2.41. The lowest BCUT2D eigenvalue weighted by molar-refractivity contribution is -0.923. The zero-order valence-corrected chi connectivity index (χ0v) is 16.9. The third-order valence-corrected chi connectivity index (χ3v) is 5.39. The van der Waals surface area contributed by atoms with Crippen LogP contribution in [0.1, 0.15) is 85.5 Å². The number of rotatable bonds is 13. The van der Waals surface area contributed by atoms with Crippen molar-refractivity contribution in [3.63, 3.8) is 0 Å². The first kappa shape index (κ1) is 21.8. The predicted octanol–water partition coefficient (Wildman–Crippen LogP) is 4.79. The highest BCUT2D eigenvalue weighted by Crippen LogP contribution is 2.26. The average Bonchev–Trinajstić information content (AvgIpc) is 3.00. The van der Waals surface area contributed by atoms with Gasteiger partial charge in [0.15, 0.2) is 12.3 Å². The van der Waals surface area contributed by atoms with E-state index in [-0.39, 0.29) is 12.1 Å². The van der Waals surface area contributed by atoms with Gasteiger partial charge in [-0.15, -0.1) is 0 Å². The molecule has 0 spiro atoms. The molecule has 2 N–H and O–H groups in total. The minimum absolute atomic E-state index is 0.0447. The van der Waals surface area contributed by atoms with E-state index < -0.39 is 0 Å². The molecule has 0 bridgehead atoms. The molecule has 4 heteroatoms. The number of allylic oxidation sites excluding steroid dienone is 2. The summed E-state index contributed by atoms with van der Waals surface area (Å²) in [6.07, 6.45) is 20.8. The molecule has 1 rings (SSSR count). The minimum atomic E-state index is 0.0447. The summed E-state index contributed by atoms with van der Waals surface area (Å²) in [5.74, 6) is 0.0447. The van der Waals surface area contributed by atoms with Crippen LogP contribution in [0.5, 0.6) is 0 Å². The maximum atomic E-state index is 11.4. The van der Waals surface area contributed by atoms with Crippen LogP contribution in [0.3, 0.4) is 0 Å². The smallest absolute Gasteiger partial charge is 0.221 e. The molecule has 0 aromatic heterocycles.